The first kappa shape index (κ1) is 17.2. The molecule has 2 aromatic carbocycles. The second kappa shape index (κ2) is 7.52. The van der Waals surface area contributed by atoms with Crippen molar-refractivity contribution in [3.63, 3.8) is 0 Å². The standard InChI is InChI=1S/C17H15BrFN5O/c1-11(17(25)20-10-12-2-8-15(19)9-3-12)24-22-16(21-23-24)13-4-6-14(18)7-5-13/h2-9,11H,10H2,1H3,(H,20,25). The zero-order valence-electron chi connectivity index (χ0n) is 13.4. The summed E-state index contributed by atoms with van der Waals surface area (Å²) in [5.74, 6) is -0.106. The fourth-order valence-corrected chi connectivity index (χ4v) is 2.41. The number of amides is 1. The number of carbonyl (C=O) groups is 1. The minimum absolute atomic E-state index is 0.246. The van der Waals surface area contributed by atoms with Crippen LogP contribution in [-0.2, 0) is 11.3 Å². The second-order valence-corrected chi connectivity index (χ2v) is 6.38. The molecule has 0 aliphatic rings. The lowest BCUT2D eigenvalue weighted by molar-refractivity contribution is -0.124. The molecule has 25 heavy (non-hydrogen) atoms. The van der Waals surface area contributed by atoms with Crippen LogP contribution in [0.4, 0.5) is 4.39 Å². The van der Waals surface area contributed by atoms with Gasteiger partial charge in [-0.15, -0.1) is 10.2 Å². The fraction of sp³-hybridized carbons (Fsp3) is 0.176. The van der Waals surface area contributed by atoms with Gasteiger partial charge in [0.2, 0.25) is 11.7 Å². The lowest BCUT2D eigenvalue weighted by Gasteiger charge is -2.10. The quantitative estimate of drug-likeness (QED) is 0.710. The first-order valence-corrected chi connectivity index (χ1v) is 8.40. The topological polar surface area (TPSA) is 72.7 Å². The molecule has 1 N–H and O–H groups in total. The van der Waals surface area contributed by atoms with Crippen molar-refractivity contribution in [2.24, 2.45) is 0 Å². The van der Waals surface area contributed by atoms with E-state index in [0.29, 0.717) is 12.4 Å². The van der Waals surface area contributed by atoms with Crippen LogP contribution in [-0.4, -0.2) is 26.1 Å². The van der Waals surface area contributed by atoms with E-state index in [0.717, 1.165) is 15.6 Å². The van der Waals surface area contributed by atoms with Crippen molar-refractivity contribution in [1.29, 1.82) is 0 Å². The Labute approximate surface area is 152 Å². The molecule has 128 valence electrons. The van der Waals surface area contributed by atoms with Crippen LogP contribution in [0.25, 0.3) is 11.4 Å². The summed E-state index contributed by atoms with van der Waals surface area (Å²) in [6, 6.07) is 12.8. The molecular weight excluding hydrogens is 389 g/mol. The summed E-state index contributed by atoms with van der Waals surface area (Å²) in [5, 5.41) is 15.0. The molecule has 0 aliphatic heterocycles. The lowest BCUT2D eigenvalue weighted by Crippen LogP contribution is -2.31. The molecule has 0 radical (unpaired) electrons. The minimum atomic E-state index is -0.614. The predicted octanol–water partition coefficient (Wildman–Crippen LogP) is 3.12. The van der Waals surface area contributed by atoms with Crippen LogP contribution >= 0.6 is 15.9 Å². The highest BCUT2D eigenvalue weighted by molar-refractivity contribution is 9.10. The molecule has 8 heteroatoms. The normalized spacial score (nSPS) is 12.0. The second-order valence-electron chi connectivity index (χ2n) is 5.46. The Bertz CT molecular complexity index is 864. The summed E-state index contributed by atoms with van der Waals surface area (Å²) in [6.07, 6.45) is 0. The van der Waals surface area contributed by atoms with Gasteiger partial charge in [0.15, 0.2) is 0 Å². The molecule has 0 fully saturated rings. The average Bonchev–Trinajstić information content (AvgIpc) is 3.11. The Kier molecular flexibility index (Phi) is 5.18. The molecule has 0 saturated heterocycles. The van der Waals surface area contributed by atoms with E-state index in [1.54, 1.807) is 19.1 Å². The number of tetrazole rings is 1. The van der Waals surface area contributed by atoms with Gasteiger partial charge in [-0.25, -0.2) is 4.39 Å². The van der Waals surface area contributed by atoms with Crippen LogP contribution in [0.5, 0.6) is 0 Å². The number of halogens is 2. The molecule has 6 nitrogen and oxygen atoms in total. The Balaban J connectivity index is 1.64. The highest BCUT2D eigenvalue weighted by atomic mass is 79.9. The van der Waals surface area contributed by atoms with Gasteiger partial charge in [-0.1, -0.05) is 28.1 Å². The minimum Gasteiger partial charge on any atom is -0.350 e. The van der Waals surface area contributed by atoms with Crippen LogP contribution in [0.2, 0.25) is 0 Å². The number of nitrogens with one attached hydrogen (secondary N) is 1. The molecular formula is C17H15BrFN5O. The highest BCUT2D eigenvalue weighted by Gasteiger charge is 2.18. The third-order valence-corrected chi connectivity index (χ3v) is 4.17. The molecule has 3 rings (SSSR count). The van der Waals surface area contributed by atoms with Crippen molar-refractivity contribution in [1.82, 2.24) is 25.5 Å². The summed E-state index contributed by atoms with van der Waals surface area (Å²) in [4.78, 5) is 13.5. The van der Waals surface area contributed by atoms with Crippen LogP contribution < -0.4 is 5.32 Å². The van der Waals surface area contributed by atoms with Crippen LogP contribution in [0, 0.1) is 5.82 Å². The third kappa shape index (κ3) is 4.27. The van der Waals surface area contributed by atoms with E-state index in [9.17, 15) is 9.18 Å². The van der Waals surface area contributed by atoms with Gasteiger partial charge >= 0.3 is 0 Å². The summed E-state index contributed by atoms with van der Waals surface area (Å²) < 4.78 is 13.8. The van der Waals surface area contributed by atoms with Crippen molar-refractivity contribution < 1.29 is 9.18 Å². The Morgan fingerprint density at radius 2 is 1.88 bits per heavy atom. The summed E-state index contributed by atoms with van der Waals surface area (Å²) in [5.41, 5.74) is 1.62. The van der Waals surface area contributed by atoms with E-state index < -0.39 is 6.04 Å². The average molecular weight is 404 g/mol. The number of rotatable bonds is 5. The maximum absolute atomic E-state index is 12.9. The van der Waals surface area contributed by atoms with E-state index in [2.05, 4.69) is 36.7 Å². The van der Waals surface area contributed by atoms with E-state index >= 15 is 0 Å². The molecule has 0 saturated carbocycles. The highest BCUT2D eigenvalue weighted by Crippen LogP contribution is 2.18. The fourth-order valence-electron chi connectivity index (χ4n) is 2.15. The first-order chi connectivity index (χ1) is 12.0. The molecule has 3 aromatic rings. The molecule has 1 atom stereocenters. The van der Waals surface area contributed by atoms with E-state index in [1.807, 2.05) is 24.3 Å². The Hall–Kier alpha value is -2.61. The van der Waals surface area contributed by atoms with Gasteiger partial charge in [-0.05, 0) is 54.1 Å². The third-order valence-electron chi connectivity index (χ3n) is 3.64. The van der Waals surface area contributed by atoms with Gasteiger partial charge in [0.1, 0.15) is 11.9 Å². The maximum Gasteiger partial charge on any atom is 0.246 e. The van der Waals surface area contributed by atoms with Crippen molar-refractivity contribution in [3.8, 4) is 11.4 Å². The molecule has 0 spiro atoms. The maximum atomic E-state index is 12.9. The van der Waals surface area contributed by atoms with Gasteiger partial charge in [0, 0.05) is 16.6 Å². The van der Waals surface area contributed by atoms with Gasteiger partial charge in [-0.3, -0.25) is 4.79 Å². The lowest BCUT2D eigenvalue weighted by atomic mass is 10.2. The molecule has 1 aromatic heterocycles. The van der Waals surface area contributed by atoms with Gasteiger partial charge < -0.3 is 5.32 Å². The van der Waals surface area contributed by atoms with Crippen LogP contribution in [0.15, 0.2) is 53.0 Å². The largest absolute Gasteiger partial charge is 0.350 e. The number of carbonyl (C=O) groups excluding carboxylic acids is 1. The molecule has 1 heterocycles. The molecule has 1 unspecified atom stereocenters. The van der Waals surface area contributed by atoms with E-state index in [1.165, 1.54) is 16.9 Å². The zero-order chi connectivity index (χ0) is 17.8. The summed E-state index contributed by atoms with van der Waals surface area (Å²) in [6.45, 7) is 1.99. The number of aromatic nitrogens is 4. The SMILES string of the molecule is CC(C(=O)NCc1ccc(F)cc1)n1nnc(-c2ccc(Br)cc2)n1. The van der Waals surface area contributed by atoms with Crippen molar-refractivity contribution in [3.05, 3.63) is 64.4 Å². The Morgan fingerprint density at radius 1 is 1.20 bits per heavy atom. The van der Waals surface area contributed by atoms with Crippen molar-refractivity contribution in [2.45, 2.75) is 19.5 Å². The number of hydrogen-bond acceptors (Lipinski definition) is 4. The zero-order valence-corrected chi connectivity index (χ0v) is 14.9. The number of benzene rings is 2. The monoisotopic (exact) mass is 403 g/mol. The van der Waals surface area contributed by atoms with Crippen molar-refractivity contribution in [2.75, 3.05) is 0 Å². The smallest absolute Gasteiger partial charge is 0.246 e. The summed E-state index contributed by atoms with van der Waals surface area (Å²) >= 11 is 3.37. The number of hydrogen-bond donors (Lipinski definition) is 1. The van der Waals surface area contributed by atoms with E-state index in [-0.39, 0.29) is 11.7 Å². The van der Waals surface area contributed by atoms with Crippen LogP contribution in [0.1, 0.15) is 18.5 Å². The molecule has 1 amide bonds. The first-order valence-electron chi connectivity index (χ1n) is 7.60. The Morgan fingerprint density at radius 3 is 2.56 bits per heavy atom. The van der Waals surface area contributed by atoms with E-state index in [4.69, 9.17) is 0 Å². The molecule has 0 bridgehead atoms. The summed E-state index contributed by atoms with van der Waals surface area (Å²) in [7, 11) is 0. The van der Waals surface area contributed by atoms with Gasteiger partial charge in [-0.2, -0.15) is 4.80 Å². The predicted molar refractivity (Wildman–Crippen MR) is 93.9 cm³/mol. The van der Waals surface area contributed by atoms with Gasteiger partial charge in [0.25, 0.3) is 0 Å². The molecule has 0 aliphatic carbocycles. The van der Waals surface area contributed by atoms with Gasteiger partial charge in [0.05, 0.1) is 0 Å². The number of nitrogens with zero attached hydrogens (tertiary/aromatic N) is 4. The van der Waals surface area contributed by atoms with Crippen molar-refractivity contribution >= 4 is 21.8 Å². The van der Waals surface area contributed by atoms with Crippen LogP contribution in [0.3, 0.4) is 0 Å².